The standard InChI is InChI=1S/C39H41FN4/c1-7-8-11-14-41-27(5)35-23-44-37-22-32-25(3)30-13-10-9-12-29(30)24(2)31(32)19-28(37)20-34-38(44)33(26(35)4)21-36(40)39(34)43-17-15-42(6)16-18-43/h9-10,12-13,19,21-23,41H,2-5,7-8,11,14-18,20H2,1,6H3. The molecule has 0 atom stereocenters. The van der Waals surface area contributed by atoms with Crippen LogP contribution in [0.3, 0.4) is 0 Å². The first-order valence-corrected chi connectivity index (χ1v) is 15.9. The van der Waals surface area contributed by atoms with E-state index in [2.05, 4.69) is 103 Å². The average molecular weight is 585 g/mol. The van der Waals surface area contributed by atoms with Crippen LogP contribution in [0.5, 0.6) is 0 Å². The number of likely N-dealkylation sites (N-methyl/N-ethyl adjacent to an activating group) is 1. The van der Waals surface area contributed by atoms with Crippen molar-refractivity contribution in [2.75, 3.05) is 49.6 Å². The summed E-state index contributed by atoms with van der Waals surface area (Å²) in [5.74, 6) is -0.180. The fourth-order valence-electron chi connectivity index (χ4n) is 7.29. The Labute approximate surface area is 259 Å². The summed E-state index contributed by atoms with van der Waals surface area (Å²) in [5, 5.41) is 9.96. The molecule has 0 amide bonds. The second kappa shape index (κ2) is 11.0. The maximum Gasteiger partial charge on any atom is 0.147 e. The minimum atomic E-state index is -0.180. The third-order valence-electron chi connectivity index (χ3n) is 9.81. The molecule has 1 fully saturated rings. The Morgan fingerprint density at radius 3 is 2.25 bits per heavy atom. The number of fused-ring (bicyclic) bond motifs is 4. The fourth-order valence-corrected chi connectivity index (χ4v) is 7.29. The van der Waals surface area contributed by atoms with Crippen LogP contribution in [0.15, 0.2) is 73.1 Å². The van der Waals surface area contributed by atoms with Crippen LogP contribution in [-0.4, -0.2) is 44.7 Å². The van der Waals surface area contributed by atoms with Gasteiger partial charge in [-0.05, 0) is 74.8 Å². The molecule has 3 heterocycles. The topological polar surface area (TPSA) is 21.8 Å². The highest BCUT2D eigenvalue weighted by atomic mass is 19.1. The van der Waals surface area contributed by atoms with E-state index in [0.29, 0.717) is 6.42 Å². The molecule has 1 N–H and O–H groups in total. The molecule has 4 nitrogen and oxygen atoms in total. The van der Waals surface area contributed by atoms with Crippen molar-refractivity contribution < 1.29 is 4.39 Å². The summed E-state index contributed by atoms with van der Waals surface area (Å²) in [7, 11) is 2.13. The van der Waals surface area contributed by atoms with Crippen LogP contribution in [-0.2, 0) is 6.42 Å². The van der Waals surface area contributed by atoms with Gasteiger partial charge in [-0.25, -0.2) is 4.39 Å². The van der Waals surface area contributed by atoms with Gasteiger partial charge >= 0.3 is 0 Å². The number of piperazine rings is 1. The van der Waals surface area contributed by atoms with Gasteiger partial charge in [0.2, 0.25) is 0 Å². The lowest BCUT2D eigenvalue weighted by Gasteiger charge is -2.42. The first-order chi connectivity index (χ1) is 21.3. The number of anilines is 3. The SMILES string of the molecule is C=C(NCCCCC)C1=CN2c3cc4c(=C)c5ccccc5c(=C)c4cc3Cc3c(N4CCN(C)CC4)c(F)cc(c32)C1=C. The molecule has 0 unspecified atom stereocenters. The van der Waals surface area contributed by atoms with Gasteiger partial charge in [0.05, 0.1) is 11.4 Å². The lowest BCUT2D eigenvalue weighted by atomic mass is 9.83. The molecule has 5 heteroatoms. The lowest BCUT2D eigenvalue weighted by molar-refractivity contribution is 0.311. The lowest BCUT2D eigenvalue weighted by Crippen LogP contribution is -2.45. The van der Waals surface area contributed by atoms with E-state index < -0.39 is 0 Å². The number of hydrogen-bond donors (Lipinski definition) is 1. The average Bonchev–Trinajstić information content (AvgIpc) is 3.03. The molecule has 0 radical (unpaired) electrons. The van der Waals surface area contributed by atoms with Crippen LogP contribution < -0.4 is 25.6 Å². The van der Waals surface area contributed by atoms with Gasteiger partial charge in [0.1, 0.15) is 5.82 Å². The van der Waals surface area contributed by atoms with Gasteiger partial charge < -0.3 is 20.0 Å². The molecule has 3 aliphatic rings. The van der Waals surface area contributed by atoms with Crippen LogP contribution in [0.2, 0.25) is 0 Å². The second-order valence-electron chi connectivity index (χ2n) is 12.6. The van der Waals surface area contributed by atoms with Crippen molar-refractivity contribution in [2.24, 2.45) is 0 Å². The number of hydrogen-bond acceptors (Lipinski definition) is 4. The first-order valence-electron chi connectivity index (χ1n) is 15.9. The molecular formula is C39H41FN4. The molecule has 0 aromatic heterocycles. The quantitative estimate of drug-likeness (QED) is 0.187. The number of unbranched alkanes of at least 4 members (excludes halogenated alkanes) is 2. The van der Waals surface area contributed by atoms with Crippen LogP contribution >= 0.6 is 0 Å². The van der Waals surface area contributed by atoms with Crippen LogP contribution in [0, 0.1) is 5.82 Å². The van der Waals surface area contributed by atoms with E-state index >= 15 is 4.39 Å². The predicted molar refractivity (Wildman–Crippen MR) is 187 cm³/mol. The molecule has 0 aliphatic carbocycles. The van der Waals surface area contributed by atoms with Crippen molar-refractivity contribution in [2.45, 2.75) is 32.6 Å². The van der Waals surface area contributed by atoms with Gasteiger partial charge in [-0.1, -0.05) is 70.3 Å². The summed E-state index contributed by atoms with van der Waals surface area (Å²) >= 11 is 0. The van der Waals surface area contributed by atoms with Crippen molar-refractivity contribution >= 4 is 57.3 Å². The monoisotopic (exact) mass is 584 g/mol. The minimum Gasteiger partial charge on any atom is -0.385 e. The Morgan fingerprint density at radius 2 is 1.57 bits per heavy atom. The zero-order valence-corrected chi connectivity index (χ0v) is 26.0. The first kappa shape index (κ1) is 28.4. The molecule has 0 bridgehead atoms. The molecule has 3 aliphatic heterocycles. The number of nitrogens with zero attached hydrogens (tertiary/aromatic N) is 3. The van der Waals surface area contributed by atoms with Crippen molar-refractivity contribution in [3.63, 3.8) is 0 Å². The van der Waals surface area contributed by atoms with Crippen LogP contribution in [0.4, 0.5) is 21.5 Å². The summed E-state index contributed by atoms with van der Waals surface area (Å²) in [6.07, 6.45) is 6.19. The van der Waals surface area contributed by atoms with Crippen LogP contribution in [0.1, 0.15) is 42.9 Å². The minimum absolute atomic E-state index is 0.180. The molecular weight excluding hydrogens is 543 g/mol. The Bertz CT molecular complexity index is 2000. The summed E-state index contributed by atoms with van der Waals surface area (Å²) < 4.78 is 16.4. The predicted octanol–water partition coefficient (Wildman–Crippen LogP) is 6.95. The smallest absolute Gasteiger partial charge is 0.147 e. The molecule has 44 heavy (non-hydrogen) atoms. The zero-order valence-electron chi connectivity index (χ0n) is 26.0. The normalized spacial score (nSPS) is 16.2. The Kier molecular flexibility index (Phi) is 7.09. The summed E-state index contributed by atoms with van der Waals surface area (Å²) in [6, 6.07) is 14.6. The van der Waals surface area contributed by atoms with Crippen molar-refractivity contribution in [3.8, 4) is 0 Å². The van der Waals surface area contributed by atoms with Gasteiger partial charge in [0, 0.05) is 73.4 Å². The van der Waals surface area contributed by atoms with Gasteiger partial charge in [-0.15, -0.1) is 0 Å². The summed E-state index contributed by atoms with van der Waals surface area (Å²) in [4.78, 5) is 6.81. The third kappa shape index (κ3) is 4.45. The highest BCUT2D eigenvalue weighted by Crippen LogP contribution is 2.52. The van der Waals surface area contributed by atoms with Gasteiger partial charge in [0.15, 0.2) is 0 Å². The number of allylic oxidation sites excluding steroid dienone is 1. The highest BCUT2D eigenvalue weighted by molar-refractivity contribution is 6.04. The van der Waals surface area contributed by atoms with Crippen molar-refractivity contribution in [1.29, 1.82) is 0 Å². The van der Waals surface area contributed by atoms with E-state index in [9.17, 15) is 0 Å². The van der Waals surface area contributed by atoms with E-state index in [4.69, 9.17) is 0 Å². The molecule has 224 valence electrons. The Hall–Kier alpha value is -4.35. The van der Waals surface area contributed by atoms with Gasteiger partial charge in [0.25, 0.3) is 0 Å². The Morgan fingerprint density at radius 1 is 0.886 bits per heavy atom. The van der Waals surface area contributed by atoms with E-state index in [1.54, 1.807) is 6.07 Å². The van der Waals surface area contributed by atoms with E-state index in [1.165, 1.54) is 0 Å². The number of halogens is 1. The zero-order chi connectivity index (χ0) is 30.7. The highest BCUT2D eigenvalue weighted by Gasteiger charge is 2.35. The molecule has 4 aromatic rings. The molecule has 4 aromatic carbocycles. The van der Waals surface area contributed by atoms with Gasteiger partial charge in [-0.2, -0.15) is 0 Å². The fraction of sp³-hybridized carbons (Fsp3) is 0.282. The maximum absolute atomic E-state index is 16.4. The number of nitrogens with one attached hydrogen (secondary N) is 1. The maximum atomic E-state index is 16.4. The Balaban J connectivity index is 1.45. The molecule has 0 spiro atoms. The van der Waals surface area contributed by atoms with Crippen LogP contribution in [0.25, 0.3) is 40.3 Å². The van der Waals surface area contributed by atoms with Crippen molar-refractivity contribution in [1.82, 2.24) is 10.2 Å². The van der Waals surface area contributed by atoms with E-state index in [0.717, 1.165) is 135 Å². The van der Waals surface area contributed by atoms with Crippen molar-refractivity contribution in [3.05, 3.63) is 106 Å². The molecule has 0 saturated carbocycles. The summed E-state index contributed by atoms with van der Waals surface area (Å²) in [5.41, 5.74) is 8.39. The van der Waals surface area contributed by atoms with E-state index in [1.807, 2.05) is 0 Å². The van der Waals surface area contributed by atoms with Gasteiger partial charge in [-0.3, -0.25) is 0 Å². The van der Waals surface area contributed by atoms with E-state index in [-0.39, 0.29) is 5.82 Å². The number of benzene rings is 4. The second-order valence-corrected chi connectivity index (χ2v) is 12.6. The summed E-state index contributed by atoms with van der Waals surface area (Å²) in [6.45, 7) is 24.4. The molecule has 1 saturated heterocycles. The third-order valence-corrected chi connectivity index (χ3v) is 9.81. The largest absolute Gasteiger partial charge is 0.385 e. The molecule has 7 rings (SSSR count). The number of rotatable bonds is 7.